The Hall–Kier alpha value is -3.48. The first-order chi connectivity index (χ1) is 15.0. The van der Waals surface area contributed by atoms with Gasteiger partial charge in [0.05, 0.1) is 30.5 Å². The number of aromatic nitrogens is 2. The summed E-state index contributed by atoms with van der Waals surface area (Å²) in [6.45, 7) is 5.03. The Bertz CT molecular complexity index is 1020. The number of likely N-dealkylation sites (N-methyl/N-ethyl adjacent to an activating group) is 1. The quantitative estimate of drug-likeness (QED) is 0.575. The zero-order valence-corrected chi connectivity index (χ0v) is 17.8. The first kappa shape index (κ1) is 22.2. The summed E-state index contributed by atoms with van der Waals surface area (Å²) < 4.78 is 14.8. The zero-order chi connectivity index (χ0) is 22.2. The third-order valence-electron chi connectivity index (χ3n) is 5.10. The molecule has 0 aliphatic heterocycles. The van der Waals surface area contributed by atoms with Crippen LogP contribution in [0.3, 0.4) is 0 Å². The molecule has 1 N–H and O–H groups in total. The van der Waals surface area contributed by atoms with Gasteiger partial charge < -0.3 is 10.2 Å². The highest BCUT2D eigenvalue weighted by Gasteiger charge is 2.22. The van der Waals surface area contributed by atoms with E-state index in [-0.39, 0.29) is 30.7 Å². The first-order valence-corrected chi connectivity index (χ1v) is 10.4. The fraction of sp³-hybridized carbons (Fsp3) is 0.292. The summed E-state index contributed by atoms with van der Waals surface area (Å²) in [6, 6.07) is 15.9. The Morgan fingerprint density at radius 3 is 2.39 bits per heavy atom. The lowest BCUT2D eigenvalue weighted by molar-refractivity contribution is -0.121. The van der Waals surface area contributed by atoms with E-state index in [1.807, 2.05) is 48.9 Å². The lowest BCUT2D eigenvalue weighted by Crippen LogP contribution is -2.40. The molecule has 0 saturated carbocycles. The van der Waals surface area contributed by atoms with E-state index >= 15 is 0 Å². The predicted octanol–water partition coefficient (Wildman–Crippen LogP) is 3.41. The molecular formula is C24H27FN4O2. The van der Waals surface area contributed by atoms with Gasteiger partial charge in [0.15, 0.2) is 0 Å². The maximum absolute atomic E-state index is 13.1. The van der Waals surface area contributed by atoms with Crippen LogP contribution in [0.2, 0.25) is 0 Å². The molecule has 2 aromatic carbocycles. The Kier molecular flexibility index (Phi) is 7.54. The normalized spacial score (nSPS) is 10.7. The molecule has 0 aliphatic rings. The number of halogens is 1. The standard InChI is InChI=1S/C24H27FN4O2/c1-3-22-21(15-27-29(22)16-19-8-6-5-7-9-19)24(31)28(4-2)17-23(30)26-14-18-10-12-20(25)13-11-18/h5-13,15H,3-4,14,16-17H2,1-2H3,(H,26,30). The van der Waals surface area contributed by atoms with E-state index in [1.54, 1.807) is 18.3 Å². The van der Waals surface area contributed by atoms with Crippen molar-refractivity contribution in [3.63, 3.8) is 0 Å². The summed E-state index contributed by atoms with van der Waals surface area (Å²) in [5.41, 5.74) is 3.26. The highest BCUT2D eigenvalue weighted by atomic mass is 19.1. The number of hydrogen-bond acceptors (Lipinski definition) is 3. The van der Waals surface area contributed by atoms with Crippen molar-refractivity contribution in [3.8, 4) is 0 Å². The maximum atomic E-state index is 13.1. The van der Waals surface area contributed by atoms with Crippen LogP contribution in [0.25, 0.3) is 0 Å². The molecule has 0 spiro atoms. The largest absolute Gasteiger partial charge is 0.350 e. The maximum Gasteiger partial charge on any atom is 0.257 e. The second-order valence-corrected chi connectivity index (χ2v) is 7.22. The van der Waals surface area contributed by atoms with Crippen molar-refractivity contribution in [2.75, 3.05) is 13.1 Å². The van der Waals surface area contributed by atoms with Gasteiger partial charge in [-0.1, -0.05) is 49.4 Å². The Balaban J connectivity index is 1.65. The van der Waals surface area contributed by atoms with E-state index in [0.29, 0.717) is 25.1 Å². The van der Waals surface area contributed by atoms with Gasteiger partial charge in [-0.05, 0) is 36.6 Å². The Morgan fingerprint density at radius 2 is 1.74 bits per heavy atom. The van der Waals surface area contributed by atoms with E-state index in [9.17, 15) is 14.0 Å². The third-order valence-corrected chi connectivity index (χ3v) is 5.10. The van der Waals surface area contributed by atoms with E-state index in [2.05, 4.69) is 10.4 Å². The number of benzene rings is 2. The third kappa shape index (κ3) is 5.78. The highest BCUT2D eigenvalue weighted by molar-refractivity contribution is 5.97. The molecule has 0 radical (unpaired) electrons. The zero-order valence-electron chi connectivity index (χ0n) is 17.8. The minimum atomic E-state index is -0.322. The first-order valence-electron chi connectivity index (χ1n) is 10.4. The lowest BCUT2D eigenvalue weighted by Gasteiger charge is -2.20. The van der Waals surface area contributed by atoms with Gasteiger partial charge in [0.1, 0.15) is 5.82 Å². The predicted molar refractivity (Wildman–Crippen MR) is 117 cm³/mol. The summed E-state index contributed by atoms with van der Waals surface area (Å²) in [4.78, 5) is 27.0. The van der Waals surface area contributed by atoms with Crippen molar-refractivity contribution in [2.24, 2.45) is 0 Å². The molecule has 7 heteroatoms. The van der Waals surface area contributed by atoms with Crippen LogP contribution in [-0.2, 0) is 24.3 Å². The van der Waals surface area contributed by atoms with Gasteiger partial charge in [0, 0.05) is 13.1 Å². The highest BCUT2D eigenvalue weighted by Crippen LogP contribution is 2.15. The van der Waals surface area contributed by atoms with Gasteiger partial charge in [-0.2, -0.15) is 5.10 Å². The average Bonchev–Trinajstić information content (AvgIpc) is 3.19. The van der Waals surface area contributed by atoms with E-state index < -0.39 is 0 Å². The summed E-state index contributed by atoms with van der Waals surface area (Å²) in [6.07, 6.45) is 2.24. The van der Waals surface area contributed by atoms with Crippen LogP contribution in [0.4, 0.5) is 4.39 Å². The van der Waals surface area contributed by atoms with Crippen molar-refractivity contribution >= 4 is 11.8 Å². The fourth-order valence-electron chi connectivity index (χ4n) is 3.38. The molecule has 162 valence electrons. The smallest absolute Gasteiger partial charge is 0.257 e. The summed E-state index contributed by atoms with van der Waals surface area (Å²) in [5.74, 6) is -0.804. The van der Waals surface area contributed by atoms with Gasteiger partial charge in [-0.15, -0.1) is 0 Å². The number of carbonyl (C=O) groups excluding carboxylic acids is 2. The molecule has 0 atom stereocenters. The summed E-state index contributed by atoms with van der Waals surface area (Å²) >= 11 is 0. The van der Waals surface area contributed by atoms with Crippen molar-refractivity contribution in [1.29, 1.82) is 0 Å². The van der Waals surface area contributed by atoms with Crippen molar-refractivity contribution in [1.82, 2.24) is 20.0 Å². The monoisotopic (exact) mass is 422 g/mol. The van der Waals surface area contributed by atoms with Gasteiger partial charge in [-0.25, -0.2) is 4.39 Å². The van der Waals surface area contributed by atoms with E-state index in [1.165, 1.54) is 17.0 Å². The minimum Gasteiger partial charge on any atom is -0.350 e. The molecule has 0 unspecified atom stereocenters. The van der Waals surface area contributed by atoms with Crippen molar-refractivity contribution in [2.45, 2.75) is 33.4 Å². The van der Waals surface area contributed by atoms with Crippen LogP contribution >= 0.6 is 0 Å². The number of nitrogens with zero attached hydrogens (tertiary/aromatic N) is 3. The van der Waals surface area contributed by atoms with Crippen molar-refractivity contribution < 1.29 is 14.0 Å². The van der Waals surface area contributed by atoms with Crippen LogP contribution in [0, 0.1) is 5.82 Å². The van der Waals surface area contributed by atoms with Gasteiger partial charge in [0.25, 0.3) is 5.91 Å². The van der Waals surface area contributed by atoms with Gasteiger partial charge >= 0.3 is 0 Å². The van der Waals surface area contributed by atoms with Crippen LogP contribution in [-0.4, -0.2) is 39.6 Å². The summed E-state index contributed by atoms with van der Waals surface area (Å²) in [7, 11) is 0. The topological polar surface area (TPSA) is 67.2 Å². The molecule has 3 rings (SSSR count). The number of amides is 2. The van der Waals surface area contributed by atoms with Crippen LogP contribution in [0.1, 0.15) is 41.0 Å². The fourth-order valence-corrected chi connectivity index (χ4v) is 3.38. The van der Waals surface area contributed by atoms with Gasteiger partial charge in [0.2, 0.25) is 5.91 Å². The number of nitrogens with one attached hydrogen (secondary N) is 1. The second-order valence-electron chi connectivity index (χ2n) is 7.22. The number of rotatable bonds is 9. The molecule has 0 fully saturated rings. The van der Waals surface area contributed by atoms with Crippen LogP contribution < -0.4 is 5.32 Å². The van der Waals surface area contributed by atoms with Crippen molar-refractivity contribution in [3.05, 3.63) is 89.0 Å². The van der Waals surface area contributed by atoms with Crippen LogP contribution in [0.5, 0.6) is 0 Å². The molecule has 1 heterocycles. The SMILES string of the molecule is CCc1c(C(=O)N(CC)CC(=O)NCc2ccc(F)cc2)cnn1Cc1ccccc1. The Morgan fingerprint density at radius 1 is 1.03 bits per heavy atom. The molecule has 6 nitrogen and oxygen atoms in total. The molecule has 1 aromatic heterocycles. The molecule has 2 amide bonds. The number of hydrogen-bond donors (Lipinski definition) is 1. The second kappa shape index (κ2) is 10.5. The Labute approximate surface area is 181 Å². The van der Waals surface area contributed by atoms with E-state index in [4.69, 9.17) is 0 Å². The average molecular weight is 423 g/mol. The molecule has 0 bridgehead atoms. The summed E-state index contributed by atoms with van der Waals surface area (Å²) in [5, 5.41) is 7.20. The van der Waals surface area contributed by atoms with Gasteiger partial charge in [-0.3, -0.25) is 14.3 Å². The molecular weight excluding hydrogens is 395 g/mol. The number of carbonyl (C=O) groups is 2. The molecule has 31 heavy (non-hydrogen) atoms. The molecule has 3 aromatic rings. The molecule has 0 saturated heterocycles. The van der Waals surface area contributed by atoms with E-state index in [0.717, 1.165) is 16.8 Å². The minimum absolute atomic E-state index is 0.0520. The molecule has 0 aliphatic carbocycles. The van der Waals surface area contributed by atoms with Crippen LogP contribution in [0.15, 0.2) is 60.8 Å². The lowest BCUT2D eigenvalue weighted by atomic mass is 10.1.